The number of piperazine rings is 2. The second-order valence-electron chi connectivity index (χ2n) is 21.0. The van der Waals surface area contributed by atoms with Crippen LogP contribution in [-0.4, -0.2) is 130 Å². The number of thioether (sulfide) groups is 1. The first-order chi connectivity index (χ1) is 35.0. The smallest absolute Gasteiger partial charge is 0.380 e. The number of allylic oxidation sites excluding steroid dienone is 1. The van der Waals surface area contributed by atoms with E-state index in [1.54, 1.807) is 19.1 Å². The third kappa shape index (κ3) is 16.5. The number of amides is 1. The highest BCUT2D eigenvalue weighted by atomic mass is 35.5. The number of nitrogens with zero attached hydrogens (tertiary/aromatic N) is 4. The molecule has 2 N–H and O–H groups in total. The molecule has 1 unspecified atom stereocenters. The molecule has 12 nitrogen and oxygen atoms in total. The van der Waals surface area contributed by atoms with Crippen molar-refractivity contribution in [1.29, 1.82) is 0 Å². The number of carbonyl (C=O) groups is 1. The Hall–Kier alpha value is -3.55. The average Bonchev–Trinajstić information content (AvgIpc) is 3.34. The molecule has 2 saturated heterocycles. The van der Waals surface area contributed by atoms with E-state index in [0.29, 0.717) is 50.5 Å². The van der Waals surface area contributed by atoms with Crippen LogP contribution in [0.4, 0.5) is 24.5 Å². The topological polar surface area (TPSA) is 124 Å². The molecule has 0 spiro atoms. The van der Waals surface area contributed by atoms with Crippen LogP contribution in [0, 0.1) is 5.41 Å². The van der Waals surface area contributed by atoms with Crippen molar-refractivity contribution in [2.45, 2.75) is 99.1 Å². The van der Waals surface area contributed by atoms with Crippen molar-refractivity contribution >= 4 is 75.6 Å². The second kappa shape index (κ2) is 25.3. The predicted molar refractivity (Wildman–Crippen MR) is 296 cm³/mol. The van der Waals surface area contributed by atoms with E-state index in [1.807, 2.05) is 75.4 Å². The number of hydrogen-bond acceptors (Lipinski definition) is 13. The molecule has 4 aromatic carbocycles. The molecule has 2 heterocycles. The van der Waals surface area contributed by atoms with Gasteiger partial charge in [-0.25, -0.2) is 8.42 Å². The molecular weight excluding hydrogens is 1050 g/mol. The van der Waals surface area contributed by atoms with Gasteiger partial charge in [0.25, 0.3) is 15.7 Å². The first-order valence-electron chi connectivity index (χ1n) is 25.3. The fraction of sp³-hybridized carbons (Fsp3) is 0.500. The van der Waals surface area contributed by atoms with Crippen LogP contribution in [0.5, 0.6) is 0 Å². The summed E-state index contributed by atoms with van der Waals surface area (Å²) >= 11 is 8.48. The molecule has 3 aliphatic rings. The number of benzene rings is 4. The van der Waals surface area contributed by atoms with E-state index in [-0.39, 0.29) is 28.9 Å². The van der Waals surface area contributed by atoms with Gasteiger partial charge >= 0.3 is 13.1 Å². The molecule has 4 aromatic rings. The van der Waals surface area contributed by atoms with Crippen molar-refractivity contribution in [3.8, 4) is 0 Å². The van der Waals surface area contributed by atoms with Gasteiger partial charge in [-0.1, -0.05) is 61.4 Å². The number of carbonyl (C=O) groups excluding carboxylic acids is 1. The van der Waals surface area contributed by atoms with Gasteiger partial charge in [-0.05, 0) is 149 Å². The van der Waals surface area contributed by atoms with Crippen molar-refractivity contribution in [1.82, 2.24) is 19.4 Å². The van der Waals surface area contributed by atoms with Gasteiger partial charge in [-0.2, -0.15) is 13.2 Å². The van der Waals surface area contributed by atoms with E-state index in [4.69, 9.17) is 20.6 Å². The molecular formula is C54H71ClF3N6O6PS3. The van der Waals surface area contributed by atoms with Crippen LogP contribution in [0.2, 0.25) is 5.02 Å². The molecule has 2 aliphatic heterocycles. The monoisotopic (exact) mass is 1120 g/mol. The molecule has 20 heteroatoms. The SMILES string of the molecule is CCOP(=O)(CN1CCN(CC[C@H](CSc2ccccc2)Nc2ccc(SNC(=O)c3ccc(N4CCN(CC5=C(c6ccc(Cl)cc6)CCC(C)(C)C5)CC4)cc3)cc2S(=O)(=O)C(F)(F)F)CC1)OC(C)(C)C. The number of anilines is 2. The van der Waals surface area contributed by atoms with Crippen LogP contribution in [0.3, 0.4) is 0 Å². The lowest BCUT2D eigenvalue weighted by Gasteiger charge is -2.39. The Labute approximate surface area is 450 Å². The van der Waals surface area contributed by atoms with Gasteiger partial charge in [0, 0.05) is 103 Å². The minimum Gasteiger partial charge on any atom is -0.380 e. The normalized spacial score (nSPS) is 18.8. The molecule has 74 heavy (non-hydrogen) atoms. The largest absolute Gasteiger partial charge is 0.501 e. The third-order valence-corrected chi connectivity index (χ3v) is 19.3. The molecule has 404 valence electrons. The zero-order chi connectivity index (χ0) is 53.3. The summed E-state index contributed by atoms with van der Waals surface area (Å²) in [4.78, 5) is 22.7. The number of halogens is 4. The zero-order valence-electron chi connectivity index (χ0n) is 43.3. The molecule has 7 rings (SSSR count). The van der Waals surface area contributed by atoms with Gasteiger partial charge in [-0.3, -0.25) is 23.9 Å². The molecule has 2 atom stereocenters. The minimum absolute atomic E-state index is 0.115. The van der Waals surface area contributed by atoms with Crippen molar-refractivity contribution in [3.05, 3.63) is 119 Å². The van der Waals surface area contributed by atoms with Gasteiger partial charge in [0.2, 0.25) is 0 Å². The number of sulfone groups is 1. The Morgan fingerprint density at radius 3 is 2.14 bits per heavy atom. The van der Waals surface area contributed by atoms with Crippen molar-refractivity contribution in [3.63, 3.8) is 0 Å². The Bertz CT molecular complexity index is 2700. The van der Waals surface area contributed by atoms with E-state index in [0.717, 1.165) is 85.6 Å². The van der Waals surface area contributed by atoms with Crippen molar-refractivity contribution in [2.75, 3.05) is 94.3 Å². The summed E-state index contributed by atoms with van der Waals surface area (Å²) in [5.74, 6) is -0.0445. The summed E-state index contributed by atoms with van der Waals surface area (Å²) in [7, 11) is -9.20. The highest BCUT2D eigenvalue weighted by molar-refractivity contribution is 7.99. The van der Waals surface area contributed by atoms with Gasteiger partial charge in [0.1, 0.15) is 11.2 Å². The predicted octanol–water partition coefficient (Wildman–Crippen LogP) is 12.4. The lowest BCUT2D eigenvalue weighted by atomic mass is 9.73. The van der Waals surface area contributed by atoms with Gasteiger partial charge in [0.05, 0.1) is 17.9 Å². The van der Waals surface area contributed by atoms with E-state index >= 15 is 0 Å². The molecule has 0 bridgehead atoms. The average molecular weight is 1120 g/mol. The summed E-state index contributed by atoms with van der Waals surface area (Å²) < 4.78 is 97.3. The van der Waals surface area contributed by atoms with E-state index in [9.17, 15) is 30.9 Å². The van der Waals surface area contributed by atoms with E-state index in [1.165, 1.54) is 40.6 Å². The summed E-state index contributed by atoms with van der Waals surface area (Å²) in [6.07, 6.45) is 3.89. The maximum absolute atomic E-state index is 14.4. The number of hydrogen-bond donors (Lipinski definition) is 2. The molecule has 0 aromatic heterocycles. The minimum atomic E-state index is -5.82. The van der Waals surface area contributed by atoms with Crippen LogP contribution >= 0.6 is 42.9 Å². The van der Waals surface area contributed by atoms with E-state index < -0.39 is 45.4 Å². The Balaban J connectivity index is 0.968. The van der Waals surface area contributed by atoms with Crippen molar-refractivity contribution < 1.29 is 40.0 Å². The molecule has 0 radical (unpaired) electrons. The molecule has 0 saturated carbocycles. The highest BCUT2D eigenvalue weighted by Gasteiger charge is 2.48. The summed E-state index contributed by atoms with van der Waals surface area (Å²) in [5, 5.41) is 3.91. The van der Waals surface area contributed by atoms with Crippen LogP contribution in [0.15, 0.2) is 117 Å². The zero-order valence-corrected chi connectivity index (χ0v) is 47.4. The number of nitrogens with one attached hydrogen (secondary N) is 2. The van der Waals surface area contributed by atoms with Gasteiger partial charge in [0.15, 0.2) is 0 Å². The summed E-state index contributed by atoms with van der Waals surface area (Å²) in [6.45, 7) is 19.7. The fourth-order valence-electron chi connectivity index (χ4n) is 9.60. The molecule has 1 aliphatic carbocycles. The van der Waals surface area contributed by atoms with Crippen LogP contribution < -0.4 is 14.9 Å². The summed E-state index contributed by atoms with van der Waals surface area (Å²) in [6, 6.07) is 28.3. The van der Waals surface area contributed by atoms with Crippen molar-refractivity contribution in [2.24, 2.45) is 5.41 Å². The van der Waals surface area contributed by atoms with Gasteiger partial charge < -0.3 is 24.2 Å². The standard InChI is InChI=1S/C54H71ClF3N6O6PS3/c1-7-69-71(66,70-52(2,3)4)39-63-29-27-61(28-30-63)26-24-44(38-72-46-11-9-8-10-12-46)59-49-22-21-47(35-50(49)74(67,68)54(56,57)58)73-60-51(65)41-15-19-45(20-16-41)64-33-31-62(32-34-64)37-42-36-53(5,6)25-23-48(42)40-13-17-43(55)18-14-40/h8-22,35,44,59H,7,23-34,36-39H2,1-6H3,(H,60,65)/t44-,71?/m1/s1. The Morgan fingerprint density at radius 2 is 1.50 bits per heavy atom. The van der Waals surface area contributed by atoms with Gasteiger partial charge in [-0.15, -0.1) is 11.8 Å². The van der Waals surface area contributed by atoms with E-state index in [2.05, 4.69) is 55.6 Å². The quantitative estimate of drug-likeness (QED) is 0.0468. The molecule has 2 fully saturated rings. The third-order valence-electron chi connectivity index (χ3n) is 13.4. The molecule has 1 amide bonds. The maximum Gasteiger partial charge on any atom is 0.501 e. The number of rotatable bonds is 21. The lowest BCUT2D eigenvalue weighted by molar-refractivity contribution is -0.0436. The van der Waals surface area contributed by atoms with Crippen LogP contribution in [-0.2, 0) is 23.4 Å². The maximum atomic E-state index is 14.4. The van der Waals surface area contributed by atoms with Crippen LogP contribution in [0.1, 0.15) is 83.1 Å². The highest BCUT2D eigenvalue weighted by Crippen LogP contribution is 2.52. The first-order valence-corrected chi connectivity index (χ1v) is 30.7. The van der Waals surface area contributed by atoms with Crippen LogP contribution in [0.25, 0.3) is 5.57 Å². The lowest BCUT2D eigenvalue weighted by Crippen LogP contribution is -2.47. The second-order valence-corrected chi connectivity index (χ2v) is 27.2. The number of alkyl halides is 3. The Morgan fingerprint density at radius 1 is 0.851 bits per heavy atom. The Kier molecular flexibility index (Phi) is 19.9. The first kappa shape index (κ1) is 58.1. The fourth-order valence-corrected chi connectivity index (χ4v) is 14.6. The summed E-state index contributed by atoms with van der Waals surface area (Å²) in [5.41, 5.74) is -0.658.